The summed E-state index contributed by atoms with van der Waals surface area (Å²) in [6.45, 7) is 4.99. The number of aliphatic hydroxyl groups is 1. The largest absolute Gasteiger partial charge is 0.396 e. The predicted molar refractivity (Wildman–Crippen MR) is 83.2 cm³/mol. The van der Waals surface area contributed by atoms with Crippen LogP contribution in [-0.2, 0) is 17.8 Å². The zero-order valence-electron chi connectivity index (χ0n) is 13.1. The standard InChI is InChI=1S/C17H22N2O3/c1-13-4-6-15(7-5-13)12-19(8-3-9-20)17(21)11-16-10-14(2)18-22-16/h4-7,10,20H,3,8-9,11-12H2,1-2H3. The van der Waals surface area contributed by atoms with E-state index in [1.54, 1.807) is 11.0 Å². The average molecular weight is 302 g/mol. The highest BCUT2D eigenvalue weighted by Gasteiger charge is 2.16. The monoisotopic (exact) mass is 302 g/mol. The van der Waals surface area contributed by atoms with Crippen LogP contribution < -0.4 is 0 Å². The first-order valence-electron chi connectivity index (χ1n) is 7.45. The fraction of sp³-hybridized carbons (Fsp3) is 0.412. The van der Waals surface area contributed by atoms with Gasteiger partial charge in [-0.2, -0.15) is 0 Å². The fourth-order valence-corrected chi connectivity index (χ4v) is 2.23. The molecule has 0 aliphatic carbocycles. The fourth-order valence-electron chi connectivity index (χ4n) is 2.23. The molecule has 22 heavy (non-hydrogen) atoms. The van der Waals surface area contributed by atoms with Gasteiger partial charge in [0.2, 0.25) is 5.91 Å². The Morgan fingerprint density at radius 2 is 2.00 bits per heavy atom. The Labute approximate surface area is 130 Å². The van der Waals surface area contributed by atoms with E-state index in [4.69, 9.17) is 9.63 Å². The number of aliphatic hydroxyl groups excluding tert-OH is 1. The van der Waals surface area contributed by atoms with E-state index >= 15 is 0 Å². The van der Waals surface area contributed by atoms with Crippen molar-refractivity contribution >= 4 is 5.91 Å². The number of carbonyl (C=O) groups is 1. The lowest BCUT2D eigenvalue weighted by molar-refractivity contribution is -0.131. The van der Waals surface area contributed by atoms with E-state index in [2.05, 4.69) is 5.16 Å². The van der Waals surface area contributed by atoms with E-state index in [0.717, 1.165) is 11.3 Å². The third kappa shape index (κ3) is 4.70. The van der Waals surface area contributed by atoms with Crippen molar-refractivity contribution in [2.45, 2.75) is 33.2 Å². The summed E-state index contributed by atoms with van der Waals surface area (Å²) in [4.78, 5) is 14.2. The minimum atomic E-state index is -0.0230. The van der Waals surface area contributed by atoms with Crippen molar-refractivity contribution in [3.8, 4) is 0 Å². The van der Waals surface area contributed by atoms with Gasteiger partial charge in [-0.05, 0) is 25.8 Å². The number of carbonyl (C=O) groups excluding carboxylic acids is 1. The number of amides is 1. The number of rotatable bonds is 7. The van der Waals surface area contributed by atoms with Crippen molar-refractivity contribution < 1.29 is 14.4 Å². The molecule has 0 bridgehead atoms. The van der Waals surface area contributed by atoms with Crippen LogP contribution in [0.25, 0.3) is 0 Å². The zero-order valence-corrected chi connectivity index (χ0v) is 13.1. The molecule has 2 aromatic rings. The molecule has 0 spiro atoms. The molecule has 1 N–H and O–H groups in total. The maximum atomic E-state index is 12.5. The van der Waals surface area contributed by atoms with Gasteiger partial charge in [-0.15, -0.1) is 0 Å². The average Bonchev–Trinajstić information content (AvgIpc) is 2.90. The normalized spacial score (nSPS) is 10.7. The minimum Gasteiger partial charge on any atom is -0.396 e. The SMILES string of the molecule is Cc1ccc(CN(CCCO)C(=O)Cc2cc(C)no2)cc1. The molecule has 0 radical (unpaired) electrons. The molecule has 1 heterocycles. The molecule has 1 aromatic carbocycles. The Morgan fingerprint density at radius 1 is 1.27 bits per heavy atom. The topological polar surface area (TPSA) is 66.6 Å². The third-order valence-corrected chi connectivity index (χ3v) is 3.44. The molecule has 5 nitrogen and oxygen atoms in total. The highest BCUT2D eigenvalue weighted by atomic mass is 16.5. The number of aryl methyl sites for hydroxylation is 2. The van der Waals surface area contributed by atoms with Gasteiger partial charge in [0.15, 0.2) is 0 Å². The van der Waals surface area contributed by atoms with Gasteiger partial charge in [0, 0.05) is 25.8 Å². The van der Waals surface area contributed by atoms with Crippen LogP contribution in [0.1, 0.15) is 29.0 Å². The van der Waals surface area contributed by atoms with Crippen molar-refractivity contribution in [1.29, 1.82) is 0 Å². The molecule has 1 aromatic heterocycles. The molecule has 2 rings (SSSR count). The van der Waals surface area contributed by atoms with Crippen LogP contribution >= 0.6 is 0 Å². The van der Waals surface area contributed by atoms with Crippen LogP contribution in [0.3, 0.4) is 0 Å². The molecular weight excluding hydrogens is 280 g/mol. The Bertz CT molecular complexity index is 605. The first kappa shape index (κ1) is 16.2. The number of aromatic nitrogens is 1. The van der Waals surface area contributed by atoms with Gasteiger partial charge >= 0.3 is 0 Å². The molecule has 0 aliphatic heterocycles. The van der Waals surface area contributed by atoms with E-state index in [0.29, 0.717) is 25.3 Å². The highest BCUT2D eigenvalue weighted by Crippen LogP contribution is 2.11. The summed E-state index contributed by atoms with van der Waals surface area (Å²) < 4.78 is 5.11. The Morgan fingerprint density at radius 3 is 2.59 bits per heavy atom. The first-order chi connectivity index (χ1) is 10.6. The van der Waals surface area contributed by atoms with E-state index in [1.165, 1.54) is 5.56 Å². The Hall–Kier alpha value is -2.14. The van der Waals surface area contributed by atoms with Crippen LogP contribution in [0.5, 0.6) is 0 Å². The number of benzene rings is 1. The lowest BCUT2D eigenvalue weighted by Crippen LogP contribution is -2.33. The quantitative estimate of drug-likeness (QED) is 0.852. The molecule has 0 saturated heterocycles. The second-order valence-electron chi connectivity index (χ2n) is 5.49. The van der Waals surface area contributed by atoms with E-state index in [-0.39, 0.29) is 18.9 Å². The number of nitrogens with zero attached hydrogens (tertiary/aromatic N) is 2. The van der Waals surface area contributed by atoms with E-state index in [1.807, 2.05) is 38.1 Å². The molecule has 0 saturated carbocycles. The maximum Gasteiger partial charge on any atom is 0.230 e. The molecule has 0 unspecified atom stereocenters. The van der Waals surface area contributed by atoms with E-state index in [9.17, 15) is 4.79 Å². The zero-order chi connectivity index (χ0) is 15.9. The smallest absolute Gasteiger partial charge is 0.230 e. The molecule has 1 amide bonds. The summed E-state index contributed by atoms with van der Waals surface area (Å²) in [5.41, 5.74) is 3.03. The van der Waals surface area contributed by atoms with Crippen molar-refractivity contribution in [1.82, 2.24) is 10.1 Å². The van der Waals surface area contributed by atoms with Gasteiger partial charge in [0.05, 0.1) is 12.1 Å². The van der Waals surface area contributed by atoms with Gasteiger partial charge in [0.25, 0.3) is 0 Å². The van der Waals surface area contributed by atoms with Crippen molar-refractivity contribution in [2.24, 2.45) is 0 Å². The van der Waals surface area contributed by atoms with Crippen LogP contribution in [0.4, 0.5) is 0 Å². The Kier molecular flexibility index (Phi) is 5.72. The first-order valence-corrected chi connectivity index (χ1v) is 7.45. The molecule has 5 heteroatoms. The molecule has 0 fully saturated rings. The number of hydrogen-bond donors (Lipinski definition) is 1. The molecule has 0 aliphatic rings. The molecular formula is C17H22N2O3. The van der Waals surface area contributed by atoms with Crippen LogP contribution in [0, 0.1) is 13.8 Å². The van der Waals surface area contributed by atoms with Gasteiger partial charge in [0.1, 0.15) is 5.76 Å². The molecule has 0 atom stereocenters. The summed E-state index contributed by atoms with van der Waals surface area (Å²) >= 11 is 0. The van der Waals surface area contributed by atoms with Gasteiger partial charge in [-0.3, -0.25) is 4.79 Å². The second kappa shape index (κ2) is 7.75. The molecule has 118 valence electrons. The predicted octanol–water partition coefficient (Wildman–Crippen LogP) is 2.25. The van der Waals surface area contributed by atoms with Gasteiger partial charge in [-0.25, -0.2) is 0 Å². The van der Waals surface area contributed by atoms with Crippen molar-refractivity contribution in [2.75, 3.05) is 13.2 Å². The second-order valence-corrected chi connectivity index (χ2v) is 5.49. The van der Waals surface area contributed by atoms with E-state index < -0.39 is 0 Å². The van der Waals surface area contributed by atoms with Crippen LogP contribution in [0.15, 0.2) is 34.9 Å². The summed E-state index contributed by atoms with van der Waals surface area (Å²) in [6, 6.07) is 9.88. The number of hydrogen-bond acceptors (Lipinski definition) is 4. The van der Waals surface area contributed by atoms with Gasteiger partial charge < -0.3 is 14.5 Å². The lowest BCUT2D eigenvalue weighted by Gasteiger charge is -2.22. The van der Waals surface area contributed by atoms with Crippen molar-refractivity contribution in [3.05, 3.63) is 52.9 Å². The third-order valence-electron chi connectivity index (χ3n) is 3.44. The van der Waals surface area contributed by atoms with Crippen LogP contribution in [0.2, 0.25) is 0 Å². The highest BCUT2D eigenvalue weighted by molar-refractivity contribution is 5.78. The van der Waals surface area contributed by atoms with Gasteiger partial charge in [-0.1, -0.05) is 35.0 Å². The maximum absolute atomic E-state index is 12.5. The minimum absolute atomic E-state index is 0.0230. The summed E-state index contributed by atoms with van der Waals surface area (Å²) in [7, 11) is 0. The lowest BCUT2D eigenvalue weighted by atomic mass is 10.1. The Balaban J connectivity index is 2.03. The van der Waals surface area contributed by atoms with Crippen molar-refractivity contribution in [3.63, 3.8) is 0 Å². The summed E-state index contributed by atoms with van der Waals surface area (Å²) in [5.74, 6) is 0.547. The van der Waals surface area contributed by atoms with Crippen LogP contribution in [-0.4, -0.2) is 34.2 Å². The summed E-state index contributed by atoms with van der Waals surface area (Å²) in [6.07, 6.45) is 0.755. The summed E-state index contributed by atoms with van der Waals surface area (Å²) in [5, 5.41) is 12.8.